The van der Waals surface area contributed by atoms with Gasteiger partial charge < -0.3 is 16.4 Å². The molecule has 1 fully saturated rings. The second-order valence-corrected chi connectivity index (χ2v) is 4.80. The van der Waals surface area contributed by atoms with Crippen LogP contribution in [0.5, 0.6) is 0 Å². The van der Waals surface area contributed by atoms with Gasteiger partial charge in [0, 0.05) is 18.7 Å². The zero-order valence-corrected chi connectivity index (χ0v) is 10.3. The number of nitrogens with two attached hydrogens (primary N) is 1. The monoisotopic (exact) mass is 233 g/mol. The molecular weight excluding hydrogens is 214 g/mol. The molecule has 92 valence electrons. The van der Waals surface area contributed by atoms with Crippen LogP contribution in [0.3, 0.4) is 0 Å². The summed E-state index contributed by atoms with van der Waals surface area (Å²) in [6.07, 6.45) is 2.34. The highest BCUT2D eigenvalue weighted by atomic mass is 16.1. The van der Waals surface area contributed by atoms with Crippen LogP contribution in [0.15, 0.2) is 18.2 Å². The van der Waals surface area contributed by atoms with Crippen LogP contribution >= 0.6 is 0 Å². The van der Waals surface area contributed by atoms with Gasteiger partial charge in [-0.05, 0) is 37.0 Å². The zero-order valence-electron chi connectivity index (χ0n) is 10.3. The molecule has 4 nitrogen and oxygen atoms in total. The molecule has 2 rings (SSSR count). The van der Waals surface area contributed by atoms with E-state index in [9.17, 15) is 4.79 Å². The molecule has 1 aliphatic carbocycles. The predicted molar refractivity (Wildman–Crippen MR) is 70.1 cm³/mol. The van der Waals surface area contributed by atoms with E-state index in [1.807, 2.05) is 6.07 Å². The lowest BCUT2D eigenvalue weighted by atomic mass is 9.82. The topological polar surface area (TPSA) is 67.2 Å². The molecule has 0 spiro atoms. The SMILES string of the molecule is CNC(=O)c1ccc(N)c(NC2CC(C)C2)c1. The number of hydrogen-bond acceptors (Lipinski definition) is 3. The smallest absolute Gasteiger partial charge is 0.251 e. The maximum absolute atomic E-state index is 11.5. The summed E-state index contributed by atoms with van der Waals surface area (Å²) in [5, 5.41) is 6.00. The lowest BCUT2D eigenvalue weighted by Gasteiger charge is -2.34. The van der Waals surface area contributed by atoms with Crippen LogP contribution in [-0.4, -0.2) is 19.0 Å². The van der Waals surface area contributed by atoms with Crippen molar-refractivity contribution in [3.05, 3.63) is 23.8 Å². The molecule has 0 aromatic heterocycles. The van der Waals surface area contributed by atoms with Crippen molar-refractivity contribution < 1.29 is 4.79 Å². The van der Waals surface area contributed by atoms with Gasteiger partial charge in [-0.3, -0.25) is 4.79 Å². The normalized spacial score (nSPS) is 22.7. The van der Waals surface area contributed by atoms with Gasteiger partial charge in [-0.25, -0.2) is 0 Å². The Morgan fingerprint density at radius 2 is 2.12 bits per heavy atom. The van der Waals surface area contributed by atoms with Crippen molar-refractivity contribution in [2.24, 2.45) is 5.92 Å². The summed E-state index contributed by atoms with van der Waals surface area (Å²) in [5.74, 6) is 0.700. The second kappa shape index (κ2) is 4.65. The molecule has 4 N–H and O–H groups in total. The highest BCUT2D eigenvalue weighted by Gasteiger charge is 2.25. The van der Waals surface area contributed by atoms with E-state index in [0.29, 0.717) is 17.3 Å². The molecule has 0 bridgehead atoms. The molecule has 1 aromatic rings. The van der Waals surface area contributed by atoms with Crippen LogP contribution in [0.1, 0.15) is 30.1 Å². The molecule has 0 radical (unpaired) electrons. The van der Waals surface area contributed by atoms with Crippen molar-refractivity contribution in [3.8, 4) is 0 Å². The van der Waals surface area contributed by atoms with Crippen molar-refractivity contribution in [3.63, 3.8) is 0 Å². The molecule has 0 aliphatic heterocycles. The van der Waals surface area contributed by atoms with Crippen LogP contribution in [0.4, 0.5) is 11.4 Å². The fourth-order valence-corrected chi connectivity index (χ4v) is 2.21. The largest absolute Gasteiger partial charge is 0.397 e. The van der Waals surface area contributed by atoms with E-state index in [4.69, 9.17) is 5.73 Å². The number of carbonyl (C=O) groups excluding carboxylic acids is 1. The number of rotatable bonds is 3. The van der Waals surface area contributed by atoms with Gasteiger partial charge in [0.05, 0.1) is 11.4 Å². The van der Waals surface area contributed by atoms with Crippen molar-refractivity contribution >= 4 is 17.3 Å². The first-order valence-corrected chi connectivity index (χ1v) is 5.98. The van der Waals surface area contributed by atoms with E-state index in [-0.39, 0.29) is 5.91 Å². The summed E-state index contributed by atoms with van der Waals surface area (Å²) in [6.45, 7) is 2.24. The molecule has 0 heterocycles. The minimum Gasteiger partial charge on any atom is -0.397 e. The third kappa shape index (κ3) is 2.52. The van der Waals surface area contributed by atoms with Gasteiger partial charge in [0.25, 0.3) is 5.91 Å². The summed E-state index contributed by atoms with van der Waals surface area (Å²) in [7, 11) is 1.62. The number of nitrogens with one attached hydrogen (secondary N) is 2. The molecule has 1 saturated carbocycles. The standard InChI is InChI=1S/C13H19N3O/c1-8-5-10(6-8)16-12-7-9(13(17)15-2)3-4-11(12)14/h3-4,7-8,10,16H,5-6,14H2,1-2H3,(H,15,17). The minimum absolute atomic E-state index is 0.0879. The maximum Gasteiger partial charge on any atom is 0.251 e. The Bertz CT molecular complexity index is 425. The number of hydrogen-bond donors (Lipinski definition) is 3. The van der Waals surface area contributed by atoms with Gasteiger partial charge in [0.1, 0.15) is 0 Å². The average molecular weight is 233 g/mol. The van der Waals surface area contributed by atoms with Crippen LogP contribution in [0.25, 0.3) is 0 Å². The van der Waals surface area contributed by atoms with Crippen LogP contribution in [0.2, 0.25) is 0 Å². The van der Waals surface area contributed by atoms with E-state index in [1.54, 1.807) is 19.2 Å². The molecule has 0 saturated heterocycles. The summed E-state index contributed by atoms with van der Waals surface area (Å²) in [5.41, 5.74) is 8.09. The third-order valence-electron chi connectivity index (χ3n) is 3.28. The van der Waals surface area contributed by atoms with Crippen molar-refractivity contribution in [1.82, 2.24) is 5.32 Å². The van der Waals surface area contributed by atoms with Crippen molar-refractivity contribution in [2.75, 3.05) is 18.1 Å². The van der Waals surface area contributed by atoms with E-state index in [0.717, 1.165) is 11.6 Å². The Morgan fingerprint density at radius 1 is 1.41 bits per heavy atom. The Kier molecular flexibility index (Phi) is 3.22. The predicted octanol–water partition coefficient (Wildman–Crippen LogP) is 1.84. The lowest BCUT2D eigenvalue weighted by Crippen LogP contribution is -2.34. The fourth-order valence-electron chi connectivity index (χ4n) is 2.21. The lowest BCUT2D eigenvalue weighted by molar-refractivity contribution is 0.0963. The van der Waals surface area contributed by atoms with Gasteiger partial charge in [-0.2, -0.15) is 0 Å². The highest BCUT2D eigenvalue weighted by molar-refractivity contribution is 5.96. The summed E-state index contributed by atoms with van der Waals surface area (Å²) in [4.78, 5) is 11.5. The Balaban J connectivity index is 2.12. The molecular formula is C13H19N3O. The van der Waals surface area contributed by atoms with Crippen molar-refractivity contribution in [1.29, 1.82) is 0 Å². The Labute approximate surface area is 102 Å². The Morgan fingerprint density at radius 3 is 2.71 bits per heavy atom. The number of amides is 1. The molecule has 1 amide bonds. The van der Waals surface area contributed by atoms with Gasteiger partial charge >= 0.3 is 0 Å². The number of benzene rings is 1. The number of carbonyl (C=O) groups is 1. The molecule has 1 aliphatic rings. The summed E-state index contributed by atoms with van der Waals surface area (Å²) in [6, 6.07) is 5.82. The summed E-state index contributed by atoms with van der Waals surface area (Å²) >= 11 is 0. The maximum atomic E-state index is 11.5. The third-order valence-corrected chi connectivity index (χ3v) is 3.28. The summed E-state index contributed by atoms with van der Waals surface area (Å²) < 4.78 is 0. The van der Waals surface area contributed by atoms with Gasteiger partial charge in [-0.15, -0.1) is 0 Å². The fraction of sp³-hybridized carbons (Fsp3) is 0.462. The highest BCUT2D eigenvalue weighted by Crippen LogP contribution is 2.31. The van der Waals surface area contributed by atoms with Crippen molar-refractivity contribution in [2.45, 2.75) is 25.8 Å². The molecule has 17 heavy (non-hydrogen) atoms. The minimum atomic E-state index is -0.0879. The van der Waals surface area contributed by atoms with E-state index in [2.05, 4.69) is 17.6 Å². The average Bonchev–Trinajstić information content (AvgIpc) is 2.28. The Hall–Kier alpha value is -1.71. The quantitative estimate of drug-likeness (QED) is 0.698. The first kappa shape index (κ1) is 11.8. The van der Waals surface area contributed by atoms with Crippen LogP contribution in [0, 0.1) is 5.92 Å². The van der Waals surface area contributed by atoms with E-state index >= 15 is 0 Å². The van der Waals surface area contributed by atoms with Crippen LogP contribution < -0.4 is 16.4 Å². The number of anilines is 2. The first-order chi connectivity index (χ1) is 8.10. The second-order valence-electron chi connectivity index (χ2n) is 4.80. The zero-order chi connectivity index (χ0) is 12.4. The molecule has 0 unspecified atom stereocenters. The van der Waals surface area contributed by atoms with E-state index in [1.165, 1.54) is 12.8 Å². The number of nitrogen functional groups attached to an aromatic ring is 1. The molecule has 4 heteroatoms. The first-order valence-electron chi connectivity index (χ1n) is 5.98. The van der Waals surface area contributed by atoms with Crippen LogP contribution in [-0.2, 0) is 0 Å². The molecule has 1 aromatic carbocycles. The van der Waals surface area contributed by atoms with Gasteiger partial charge in [0.2, 0.25) is 0 Å². The van der Waals surface area contributed by atoms with E-state index < -0.39 is 0 Å². The molecule has 0 atom stereocenters. The van der Waals surface area contributed by atoms with Gasteiger partial charge in [0.15, 0.2) is 0 Å². The van der Waals surface area contributed by atoms with Gasteiger partial charge in [-0.1, -0.05) is 6.92 Å².